The van der Waals surface area contributed by atoms with Gasteiger partial charge in [0.15, 0.2) is 11.5 Å². The lowest BCUT2D eigenvalue weighted by Crippen LogP contribution is -2.24. The standard InChI is InChI=1S/C19H22N2O3/c1-3-24-18-9-13(6-7-17(18)23-2)11-21-19(22)16-10-15(16)14-5-4-8-20-12-14/h4-9,12,15-16H,3,10-11H2,1-2H3,(H,21,22)/t15-,16+/m1/s1. The van der Waals surface area contributed by atoms with E-state index >= 15 is 0 Å². The van der Waals surface area contributed by atoms with Crippen molar-refractivity contribution in [3.63, 3.8) is 0 Å². The van der Waals surface area contributed by atoms with Gasteiger partial charge in [-0.2, -0.15) is 0 Å². The minimum absolute atomic E-state index is 0.0545. The van der Waals surface area contributed by atoms with Crippen molar-refractivity contribution in [3.8, 4) is 11.5 Å². The topological polar surface area (TPSA) is 60.5 Å². The smallest absolute Gasteiger partial charge is 0.224 e. The number of hydrogen-bond acceptors (Lipinski definition) is 4. The van der Waals surface area contributed by atoms with Crippen LogP contribution in [0.25, 0.3) is 0 Å². The third-order valence-corrected chi connectivity index (χ3v) is 4.23. The molecule has 1 aromatic carbocycles. The van der Waals surface area contributed by atoms with E-state index in [0.29, 0.717) is 30.6 Å². The van der Waals surface area contributed by atoms with Gasteiger partial charge in [0.25, 0.3) is 0 Å². The molecule has 0 spiro atoms. The molecular formula is C19H22N2O3. The van der Waals surface area contributed by atoms with Crippen molar-refractivity contribution in [2.45, 2.75) is 25.8 Å². The van der Waals surface area contributed by atoms with Crippen LogP contribution in [0.15, 0.2) is 42.7 Å². The van der Waals surface area contributed by atoms with Crippen molar-refractivity contribution >= 4 is 5.91 Å². The fourth-order valence-electron chi connectivity index (χ4n) is 2.87. The Hall–Kier alpha value is -2.56. The van der Waals surface area contributed by atoms with Crippen LogP contribution in [0.2, 0.25) is 0 Å². The van der Waals surface area contributed by atoms with Gasteiger partial charge in [-0.15, -0.1) is 0 Å². The number of rotatable bonds is 7. The Morgan fingerprint density at radius 2 is 2.21 bits per heavy atom. The summed E-state index contributed by atoms with van der Waals surface area (Å²) in [4.78, 5) is 16.4. The van der Waals surface area contributed by atoms with Crippen LogP contribution in [0.3, 0.4) is 0 Å². The summed E-state index contributed by atoms with van der Waals surface area (Å²) in [5, 5.41) is 3.01. The van der Waals surface area contributed by atoms with E-state index in [4.69, 9.17) is 9.47 Å². The highest BCUT2D eigenvalue weighted by atomic mass is 16.5. The molecular weight excluding hydrogens is 304 g/mol. The van der Waals surface area contributed by atoms with Gasteiger partial charge < -0.3 is 14.8 Å². The van der Waals surface area contributed by atoms with Crippen LogP contribution in [-0.4, -0.2) is 24.6 Å². The van der Waals surface area contributed by atoms with E-state index in [1.54, 1.807) is 13.3 Å². The summed E-state index contributed by atoms with van der Waals surface area (Å²) in [5.74, 6) is 1.85. The van der Waals surface area contributed by atoms with Gasteiger partial charge >= 0.3 is 0 Å². The Bertz CT molecular complexity index is 703. The predicted molar refractivity (Wildman–Crippen MR) is 91.1 cm³/mol. The molecule has 5 heteroatoms. The summed E-state index contributed by atoms with van der Waals surface area (Å²) in [7, 11) is 1.62. The van der Waals surface area contributed by atoms with E-state index in [1.165, 1.54) is 0 Å². The van der Waals surface area contributed by atoms with Crippen LogP contribution in [0, 0.1) is 5.92 Å². The summed E-state index contributed by atoms with van der Waals surface area (Å²) >= 11 is 0. The lowest BCUT2D eigenvalue weighted by molar-refractivity contribution is -0.122. The maximum absolute atomic E-state index is 12.3. The first kappa shape index (κ1) is 16.3. The maximum Gasteiger partial charge on any atom is 0.224 e. The highest BCUT2D eigenvalue weighted by molar-refractivity contribution is 5.82. The fraction of sp³-hybridized carbons (Fsp3) is 0.368. The number of benzene rings is 1. The van der Waals surface area contributed by atoms with Crippen molar-refractivity contribution in [2.75, 3.05) is 13.7 Å². The van der Waals surface area contributed by atoms with Gasteiger partial charge in [0.2, 0.25) is 5.91 Å². The number of hydrogen-bond donors (Lipinski definition) is 1. The first-order chi connectivity index (χ1) is 11.7. The van der Waals surface area contributed by atoms with E-state index in [9.17, 15) is 4.79 Å². The molecule has 3 rings (SSSR count). The molecule has 0 bridgehead atoms. The quantitative estimate of drug-likeness (QED) is 0.850. The Morgan fingerprint density at radius 3 is 2.92 bits per heavy atom. The molecule has 1 aliphatic rings. The van der Waals surface area contributed by atoms with Crippen molar-refractivity contribution in [1.82, 2.24) is 10.3 Å². The monoisotopic (exact) mass is 326 g/mol. The highest BCUT2D eigenvalue weighted by Crippen LogP contribution is 2.47. The molecule has 2 atom stereocenters. The highest BCUT2D eigenvalue weighted by Gasteiger charge is 2.43. The third kappa shape index (κ3) is 3.67. The zero-order valence-corrected chi connectivity index (χ0v) is 14.0. The lowest BCUT2D eigenvalue weighted by atomic mass is 10.1. The molecule has 0 saturated heterocycles. The molecule has 1 aromatic heterocycles. The zero-order valence-electron chi connectivity index (χ0n) is 14.0. The van der Waals surface area contributed by atoms with E-state index in [-0.39, 0.29) is 11.8 Å². The summed E-state index contributed by atoms with van der Waals surface area (Å²) < 4.78 is 10.8. The summed E-state index contributed by atoms with van der Waals surface area (Å²) in [5.41, 5.74) is 2.13. The Kier molecular flexibility index (Phi) is 4.99. The fourth-order valence-corrected chi connectivity index (χ4v) is 2.87. The molecule has 1 saturated carbocycles. The number of aromatic nitrogens is 1. The van der Waals surface area contributed by atoms with Crippen LogP contribution < -0.4 is 14.8 Å². The number of carbonyl (C=O) groups is 1. The number of pyridine rings is 1. The van der Waals surface area contributed by atoms with Gasteiger partial charge in [0, 0.05) is 24.9 Å². The molecule has 5 nitrogen and oxygen atoms in total. The van der Waals surface area contributed by atoms with Gasteiger partial charge in [-0.1, -0.05) is 12.1 Å². The van der Waals surface area contributed by atoms with Gasteiger partial charge in [0.05, 0.1) is 13.7 Å². The second kappa shape index (κ2) is 7.34. The number of ether oxygens (including phenoxy) is 2. The van der Waals surface area contributed by atoms with E-state index in [2.05, 4.69) is 10.3 Å². The summed E-state index contributed by atoms with van der Waals surface area (Å²) in [6, 6.07) is 9.65. The number of methoxy groups -OCH3 is 1. The van der Waals surface area contributed by atoms with Crippen LogP contribution in [0.1, 0.15) is 30.4 Å². The molecule has 2 aromatic rings. The van der Waals surface area contributed by atoms with Crippen LogP contribution in [0.5, 0.6) is 11.5 Å². The summed E-state index contributed by atoms with van der Waals surface area (Å²) in [6.07, 6.45) is 4.49. The van der Waals surface area contributed by atoms with Crippen LogP contribution in [-0.2, 0) is 11.3 Å². The predicted octanol–water partition coefficient (Wildman–Crippen LogP) is 2.91. The molecule has 1 heterocycles. The Balaban J connectivity index is 1.56. The molecule has 24 heavy (non-hydrogen) atoms. The second-order valence-electron chi connectivity index (χ2n) is 5.87. The number of amides is 1. The molecule has 1 amide bonds. The maximum atomic E-state index is 12.3. The van der Waals surface area contributed by atoms with Crippen LogP contribution in [0.4, 0.5) is 0 Å². The number of nitrogens with one attached hydrogen (secondary N) is 1. The minimum atomic E-state index is 0.0545. The second-order valence-corrected chi connectivity index (χ2v) is 5.87. The Labute approximate surface area is 142 Å². The molecule has 1 fully saturated rings. The molecule has 0 aliphatic heterocycles. The van der Waals surface area contributed by atoms with Crippen molar-refractivity contribution in [3.05, 3.63) is 53.9 Å². The Morgan fingerprint density at radius 1 is 1.33 bits per heavy atom. The lowest BCUT2D eigenvalue weighted by Gasteiger charge is -2.11. The third-order valence-electron chi connectivity index (χ3n) is 4.23. The molecule has 1 aliphatic carbocycles. The van der Waals surface area contributed by atoms with Crippen molar-refractivity contribution < 1.29 is 14.3 Å². The number of carbonyl (C=O) groups excluding carboxylic acids is 1. The molecule has 0 unspecified atom stereocenters. The van der Waals surface area contributed by atoms with Crippen molar-refractivity contribution in [2.24, 2.45) is 5.92 Å². The van der Waals surface area contributed by atoms with E-state index in [1.807, 2.05) is 43.5 Å². The molecule has 126 valence electrons. The summed E-state index contributed by atoms with van der Waals surface area (Å²) in [6.45, 7) is 2.99. The minimum Gasteiger partial charge on any atom is -0.493 e. The van der Waals surface area contributed by atoms with Crippen molar-refractivity contribution in [1.29, 1.82) is 0 Å². The van der Waals surface area contributed by atoms with Gasteiger partial charge in [-0.25, -0.2) is 0 Å². The normalized spacial score (nSPS) is 18.8. The zero-order chi connectivity index (χ0) is 16.9. The number of nitrogens with zero attached hydrogens (tertiary/aromatic N) is 1. The molecule has 1 N–H and O–H groups in total. The van der Waals surface area contributed by atoms with E-state index < -0.39 is 0 Å². The van der Waals surface area contributed by atoms with Gasteiger partial charge in [0.1, 0.15) is 0 Å². The largest absolute Gasteiger partial charge is 0.493 e. The SMILES string of the molecule is CCOc1cc(CNC(=O)[C@H]2C[C@@H]2c2cccnc2)ccc1OC. The van der Waals surface area contributed by atoms with Crippen LogP contribution >= 0.6 is 0 Å². The first-order valence-electron chi connectivity index (χ1n) is 8.20. The van der Waals surface area contributed by atoms with E-state index in [0.717, 1.165) is 17.5 Å². The average molecular weight is 326 g/mol. The average Bonchev–Trinajstić information content (AvgIpc) is 3.42. The van der Waals surface area contributed by atoms with Gasteiger partial charge in [-0.3, -0.25) is 9.78 Å². The molecule has 0 radical (unpaired) electrons. The van der Waals surface area contributed by atoms with Gasteiger partial charge in [-0.05, 0) is 48.6 Å². The first-order valence-corrected chi connectivity index (χ1v) is 8.20.